The maximum atomic E-state index is 15.7. The average molecular weight is 1100 g/mol. The van der Waals surface area contributed by atoms with Crippen molar-refractivity contribution in [1.82, 2.24) is 0 Å². The van der Waals surface area contributed by atoms with E-state index in [9.17, 15) is 0 Å². The zero-order valence-electron chi connectivity index (χ0n) is 49.3. The molecule has 0 saturated heterocycles. The van der Waals surface area contributed by atoms with Crippen molar-refractivity contribution < 1.29 is 47.4 Å². The second-order valence-corrected chi connectivity index (χ2v) is 22.7. The van der Waals surface area contributed by atoms with Gasteiger partial charge in [0.15, 0.2) is 20.3 Å². The van der Waals surface area contributed by atoms with Crippen LogP contribution < -0.4 is 38.1 Å². The first kappa shape index (κ1) is 58.4. The fourth-order valence-corrected chi connectivity index (χ4v) is 10.5. The van der Waals surface area contributed by atoms with Gasteiger partial charge in [0.2, 0.25) is 19.5 Å². The van der Waals surface area contributed by atoms with Gasteiger partial charge in [-0.15, -0.1) is 0 Å². The van der Waals surface area contributed by atoms with E-state index in [1.54, 1.807) is 4.90 Å². The van der Waals surface area contributed by atoms with Crippen LogP contribution in [0.4, 0.5) is 5.69 Å². The fourth-order valence-electron chi connectivity index (χ4n) is 10.5. The number of para-hydroxylation sites is 1. The molecule has 8 aromatic carbocycles. The molecule has 1 atom stereocenters. The Bertz CT molecular complexity index is 3400. The van der Waals surface area contributed by atoms with Crippen LogP contribution in [-0.4, -0.2) is 53.0 Å². The highest BCUT2D eigenvalue weighted by Gasteiger charge is 2.54. The Kier molecular flexibility index (Phi) is 18.0. The molecule has 1 aliphatic heterocycles. The first-order valence-corrected chi connectivity index (χ1v) is 28.1. The smallest absolute Gasteiger partial charge is 0.249 e. The van der Waals surface area contributed by atoms with Gasteiger partial charge in [0.1, 0.15) is 45.7 Å². The van der Waals surface area contributed by atoms with Gasteiger partial charge >= 0.3 is 0 Å². The van der Waals surface area contributed by atoms with E-state index in [1.807, 2.05) is 149 Å². The molecule has 1 heterocycles. The lowest BCUT2D eigenvalue weighted by Gasteiger charge is -2.31. The van der Waals surface area contributed by atoms with Crippen molar-refractivity contribution in [1.29, 1.82) is 0 Å². The number of nitrogens with zero attached hydrogens (tertiary/aromatic N) is 1. The number of rotatable bonds is 25. The third-order valence-electron chi connectivity index (χ3n) is 15.7. The molecule has 11 nitrogen and oxygen atoms in total. The van der Waals surface area contributed by atoms with E-state index < -0.39 is 5.41 Å². The fraction of sp³-hybridized carbons (Fsp3) is 0.310. The highest BCUT2D eigenvalue weighted by molar-refractivity contribution is 6.13. The van der Waals surface area contributed by atoms with Crippen LogP contribution in [0.2, 0.25) is 0 Å². The Hall–Kier alpha value is -8.25. The van der Waals surface area contributed by atoms with Gasteiger partial charge in [0.05, 0.1) is 5.69 Å². The average Bonchev–Trinajstić information content (AvgIpc) is 3.83. The standard InChI is InChI=1S/C71H77NO10/c1-12-74-45-77-59-34-22-53(23-35-59)69(8,9)52-20-32-58(33-21-52)76-44-72-64-17-15-14-16-63(64)71(67(72)73,56-28-40-65(49(3)42-56)81-46-75-13-2)57-29-41-66(50(4)43-57)82-48-80-62-38-26-55(27-39-62)70(10,11)54-24-36-61(37-25-54)79-47-78-60-30-18-51(19-31-60)68(5,6)7/h14-43H,12-13,44-48H2,1-11H3. The van der Waals surface area contributed by atoms with E-state index in [4.69, 9.17) is 42.6 Å². The lowest BCUT2D eigenvalue weighted by Crippen LogP contribution is -2.43. The first-order chi connectivity index (χ1) is 39.4. The van der Waals surface area contributed by atoms with E-state index in [1.165, 1.54) is 5.56 Å². The topological polar surface area (TPSA) is 103 Å². The molecule has 1 unspecified atom stereocenters. The number of carbonyl (C=O) groups is 1. The third-order valence-corrected chi connectivity index (χ3v) is 15.7. The Morgan fingerprint density at radius 3 is 1.16 bits per heavy atom. The molecular formula is C71H77NO10. The summed E-state index contributed by atoms with van der Waals surface area (Å²) in [5.74, 6) is 4.74. The second-order valence-electron chi connectivity index (χ2n) is 22.7. The highest BCUT2D eigenvalue weighted by Crippen LogP contribution is 2.52. The largest absolute Gasteiger partial charge is 0.473 e. The Morgan fingerprint density at radius 2 is 0.756 bits per heavy atom. The predicted molar refractivity (Wildman–Crippen MR) is 323 cm³/mol. The van der Waals surface area contributed by atoms with Gasteiger partial charge in [-0.3, -0.25) is 9.69 Å². The zero-order valence-corrected chi connectivity index (χ0v) is 49.3. The van der Waals surface area contributed by atoms with Gasteiger partial charge < -0.3 is 42.6 Å². The Balaban J connectivity index is 0.879. The molecule has 0 saturated carbocycles. The van der Waals surface area contributed by atoms with Crippen molar-refractivity contribution in [3.63, 3.8) is 0 Å². The molecule has 1 amide bonds. The number of fused-ring (bicyclic) bond motifs is 1. The van der Waals surface area contributed by atoms with E-state index in [0.717, 1.165) is 73.0 Å². The summed E-state index contributed by atoms with van der Waals surface area (Å²) in [5.41, 5.74) is 8.91. The summed E-state index contributed by atoms with van der Waals surface area (Å²) in [4.78, 5) is 17.4. The van der Waals surface area contributed by atoms with Crippen molar-refractivity contribution in [3.8, 4) is 40.2 Å². The third kappa shape index (κ3) is 12.8. The van der Waals surface area contributed by atoms with Gasteiger partial charge in [-0.2, -0.15) is 0 Å². The van der Waals surface area contributed by atoms with Crippen LogP contribution in [-0.2, 0) is 35.9 Å². The van der Waals surface area contributed by atoms with Crippen LogP contribution in [0, 0.1) is 13.8 Å². The summed E-state index contributed by atoms with van der Waals surface area (Å²) < 4.78 is 53.4. The highest BCUT2D eigenvalue weighted by atomic mass is 16.7. The van der Waals surface area contributed by atoms with Crippen molar-refractivity contribution >= 4 is 11.6 Å². The molecule has 82 heavy (non-hydrogen) atoms. The molecule has 426 valence electrons. The van der Waals surface area contributed by atoms with Gasteiger partial charge in [0.25, 0.3) is 0 Å². The molecule has 9 rings (SSSR count). The molecule has 0 aromatic heterocycles. The van der Waals surface area contributed by atoms with Gasteiger partial charge in [-0.05, 0) is 162 Å². The number of aryl methyl sites for hydroxylation is 2. The minimum absolute atomic E-state index is 0.0122. The van der Waals surface area contributed by atoms with Gasteiger partial charge in [-0.25, -0.2) is 0 Å². The molecule has 1 aliphatic rings. The van der Waals surface area contributed by atoms with Crippen molar-refractivity contribution in [2.75, 3.05) is 52.0 Å². The molecule has 0 N–H and O–H groups in total. The number of carbonyl (C=O) groups excluding carboxylic acids is 1. The van der Waals surface area contributed by atoms with Crippen LogP contribution in [0.25, 0.3) is 0 Å². The maximum Gasteiger partial charge on any atom is 0.249 e. The van der Waals surface area contributed by atoms with Crippen LogP contribution in [0.15, 0.2) is 182 Å². The minimum atomic E-state index is -1.25. The van der Waals surface area contributed by atoms with Gasteiger partial charge in [-0.1, -0.05) is 152 Å². The van der Waals surface area contributed by atoms with E-state index >= 15 is 4.79 Å². The van der Waals surface area contributed by atoms with Crippen molar-refractivity contribution in [3.05, 3.63) is 238 Å². The van der Waals surface area contributed by atoms with Gasteiger partial charge in [0, 0.05) is 29.6 Å². The molecule has 8 aromatic rings. The van der Waals surface area contributed by atoms with Crippen LogP contribution >= 0.6 is 0 Å². The molecule has 0 fully saturated rings. The number of ether oxygens (including phenoxy) is 9. The number of benzene rings is 8. The lowest BCUT2D eigenvalue weighted by molar-refractivity contribution is -0.121. The molecular weight excluding hydrogens is 1030 g/mol. The molecule has 0 radical (unpaired) electrons. The minimum Gasteiger partial charge on any atom is -0.473 e. The lowest BCUT2D eigenvalue weighted by atomic mass is 9.69. The van der Waals surface area contributed by atoms with E-state index in [2.05, 4.69) is 109 Å². The van der Waals surface area contributed by atoms with E-state index in [0.29, 0.717) is 36.2 Å². The summed E-state index contributed by atoms with van der Waals surface area (Å²) >= 11 is 0. The monoisotopic (exact) mass is 1100 g/mol. The summed E-state index contributed by atoms with van der Waals surface area (Å²) in [7, 11) is 0. The molecule has 0 aliphatic carbocycles. The molecule has 0 spiro atoms. The van der Waals surface area contributed by atoms with Crippen LogP contribution in [0.5, 0.6) is 40.2 Å². The number of hydrogen-bond donors (Lipinski definition) is 0. The Morgan fingerprint density at radius 1 is 0.402 bits per heavy atom. The number of anilines is 1. The van der Waals surface area contributed by atoms with Crippen LogP contribution in [0.1, 0.15) is 118 Å². The Labute approximate surface area is 484 Å². The summed E-state index contributed by atoms with van der Waals surface area (Å²) in [6, 6.07) is 60.4. The molecule has 11 heteroatoms. The van der Waals surface area contributed by atoms with Crippen LogP contribution in [0.3, 0.4) is 0 Å². The zero-order chi connectivity index (χ0) is 58.1. The van der Waals surface area contributed by atoms with Crippen molar-refractivity contribution in [2.24, 2.45) is 0 Å². The second kappa shape index (κ2) is 25.3. The normalized spacial score (nSPS) is 14.3. The van der Waals surface area contributed by atoms with Crippen molar-refractivity contribution in [2.45, 2.75) is 97.8 Å². The summed E-state index contributed by atoms with van der Waals surface area (Å²) in [6.07, 6.45) is 0. The predicted octanol–water partition coefficient (Wildman–Crippen LogP) is 15.5. The molecule has 0 bridgehead atoms. The maximum absolute atomic E-state index is 15.7. The number of hydrogen-bond acceptors (Lipinski definition) is 10. The number of amides is 1. The quantitative estimate of drug-likeness (QED) is 0.0406. The summed E-state index contributed by atoms with van der Waals surface area (Å²) in [5, 5.41) is 0. The summed E-state index contributed by atoms with van der Waals surface area (Å²) in [6.45, 7) is 24.8. The van der Waals surface area contributed by atoms with E-state index in [-0.39, 0.29) is 56.1 Å². The SMILES string of the molecule is CCOCOc1ccc(C(C)(C)c2ccc(OCN3C(=O)C(c4ccc(OCOCC)c(C)c4)(c4ccc(OCOc5ccc(C(C)(C)c6ccc(OCOc7ccc(C(C)(C)C)cc7)cc6)cc5)c(C)c4)c4ccccc43)cc2)cc1. The first-order valence-electron chi connectivity index (χ1n) is 28.1.